The second kappa shape index (κ2) is 6.00. The molecule has 0 bridgehead atoms. The molecule has 1 nitrogen and oxygen atoms in total. The van der Waals surface area contributed by atoms with Crippen LogP contribution in [0.15, 0.2) is 0 Å². The van der Waals surface area contributed by atoms with Gasteiger partial charge >= 0.3 is 0 Å². The Hall–Kier alpha value is 0.177. The fourth-order valence-electron chi connectivity index (χ4n) is 6.28. The first-order valence-electron chi connectivity index (χ1n) is 9.27. The van der Waals surface area contributed by atoms with Gasteiger partial charge in [-0.05, 0) is 59.4 Å². The third-order valence-electron chi connectivity index (χ3n) is 7.86. The van der Waals surface area contributed by atoms with Crippen LogP contribution < -0.4 is 0 Å². The predicted octanol–water partition coefficient (Wildman–Crippen LogP) is 5.42. The van der Waals surface area contributed by atoms with E-state index in [1.165, 1.54) is 12.8 Å². The van der Waals surface area contributed by atoms with Crippen LogP contribution in [0.4, 0.5) is 0 Å². The van der Waals surface area contributed by atoms with Gasteiger partial charge in [0.25, 0.3) is 0 Å². The highest BCUT2D eigenvalue weighted by atomic mass is 28.3. The Balaban J connectivity index is 2.28. The van der Waals surface area contributed by atoms with Crippen molar-refractivity contribution in [2.45, 2.75) is 84.7 Å². The summed E-state index contributed by atoms with van der Waals surface area (Å²) in [5.74, 6) is 4.63. The Morgan fingerprint density at radius 3 is 1.71 bits per heavy atom. The van der Waals surface area contributed by atoms with Crippen LogP contribution in [0.5, 0.6) is 0 Å². The van der Waals surface area contributed by atoms with Crippen molar-refractivity contribution in [2.24, 2.45) is 35.5 Å². The molecule has 8 atom stereocenters. The molecule has 21 heavy (non-hydrogen) atoms. The van der Waals surface area contributed by atoms with Crippen molar-refractivity contribution >= 4 is 8.07 Å². The smallest absolute Gasteiger partial charge is 0.0570 e. The molecule has 0 aromatic rings. The molecule has 2 fully saturated rings. The summed E-state index contributed by atoms with van der Waals surface area (Å²) in [5, 5.41) is 10.9. The third-order valence-corrected chi connectivity index (χ3v) is 13.1. The summed E-state index contributed by atoms with van der Waals surface area (Å²) in [6.07, 6.45) is 2.43. The number of hydrogen-bond acceptors (Lipinski definition) is 1. The topological polar surface area (TPSA) is 20.2 Å². The molecule has 2 aliphatic carbocycles. The number of aliphatic hydroxyl groups excluding tert-OH is 1. The average Bonchev–Trinajstić information content (AvgIpc) is 2.58. The van der Waals surface area contributed by atoms with Gasteiger partial charge in [-0.15, -0.1) is 0 Å². The molecule has 0 amide bonds. The molecular weight excluding hydrogens is 272 g/mol. The Morgan fingerprint density at radius 2 is 1.24 bits per heavy atom. The maximum atomic E-state index is 10.9. The Bertz CT molecular complexity index is 353. The van der Waals surface area contributed by atoms with Gasteiger partial charge in [0.2, 0.25) is 0 Å². The molecule has 0 aliphatic heterocycles. The Kier molecular flexibility index (Phi) is 5.01. The lowest BCUT2D eigenvalue weighted by molar-refractivity contribution is 0.0575. The van der Waals surface area contributed by atoms with Crippen LogP contribution >= 0.6 is 0 Å². The molecular formula is C19H38OSi. The van der Waals surface area contributed by atoms with E-state index in [0.29, 0.717) is 11.5 Å². The lowest BCUT2D eigenvalue weighted by Gasteiger charge is -2.49. The first-order valence-corrected chi connectivity index (χ1v) is 12.4. The van der Waals surface area contributed by atoms with Gasteiger partial charge in [-0.25, -0.2) is 0 Å². The zero-order valence-corrected chi connectivity index (χ0v) is 16.6. The SMILES string of the molecule is CC1CC(C)C(O)C([Si](C)(C)C2C(C)C(C)C(C)C2C)C1. The molecule has 0 heterocycles. The fraction of sp³-hybridized carbons (Fsp3) is 1.00. The fourth-order valence-corrected chi connectivity index (χ4v) is 12.3. The lowest BCUT2D eigenvalue weighted by Crippen LogP contribution is -2.50. The van der Waals surface area contributed by atoms with Gasteiger partial charge in [-0.3, -0.25) is 0 Å². The van der Waals surface area contributed by atoms with Crippen LogP contribution in [0.1, 0.15) is 54.4 Å². The van der Waals surface area contributed by atoms with E-state index in [0.717, 1.165) is 35.1 Å². The first kappa shape index (κ1) is 17.5. The van der Waals surface area contributed by atoms with Crippen molar-refractivity contribution in [3.63, 3.8) is 0 Å². The zero-order chi connectivity index (χ0) is 16.1. The molecule has 2 heteroatoms. The third kappa shape index (κ3) is 2.87. The van der Waals surface area contributed by atoms with E-state index in [1.807, 2.05) is 0 Å². The molecule has 2 saturated carbocycles. The second-order valence-electron chi connectivity index (χ2n) is 9.43. The maximum absolute atomic E-state index is 10.9. The number of hydrogen-bond donors (Lipinski definition) is 1. The van der Waals surface area contributed by atoms with Crippen LogP contribution in [-0.2, 0) is 0 Å². The van der Waals surface area contributed by atoms with Gasteiger partial charge in [0.05, 0.1) is 14.2 Å². The molecule has 0 saturated heterocycles. The Labute approximate surface area is 133 Å². The van der Waals surface area contributed by atoms with Crippen molar-refractivity contribution in [3.05, 3.63) is 0 Å². The maximum Gasteiger partial charge on any atom is 0.0570 e. The molecule has 0 radical (unpaired) electrons. The summed E-state index contributed by atoms with van der Waals surface area (Å²) < 4.78 is 0. The van der Waals surface area contributed by atoms with E-state index in [2.05, 4.69) is 54.6 Å². The predicted molar refractivity (Wildman–Crippen MR) is 95.2 cm³/mol. The monoisotopic (exact) mass is 310 g/mol. The summed E-state index contributed by atoms with van der Waals surface area (Å²) in [4.78, 5) is 0. The van der Waals surface area contributed by atoms with Crippen molar-refractivity contribution in [3.8, 4) is 0 Å². The highest BCUT2D eigenvalue weighted by molar-refractivity contribution is 6.80. The van der Waals surface area contributed by atoms with E-state index in [-0.39, 0.29) is 6.10 Å². The molecule has 8 unspecified atom stereocenters. The molecule has 0 spiro atoms. The van der Waals surface area contributed by atoms with Gasteiger partial charge in [-0.1, -0.05) is 54.6 Å². The minimum absolute atomic E-state index is 0.0477. The standard InChI is InChI=1S/C19H38OSi/c1-11-9-12(2)18(20)17(10-11)21(7,8)19-15(5)13(3)14(4)16(19)6/h11-20H,9-10H2,1-8H3. The normalized spacial score (nSPS) is 52.1. The quantitative estimate of drug-likeness (QED) is 0.675. The van der Waals surface area contributed by atoms with Gasteiger partial charge < -0.3 is 5.11 Å². The second-order valence-corrected chi connectivity index (χ2v) is 14.5. The minimum Gasteiger partial charge on any atom is -0.393 e. The van der Waals surface area contributed by atoms with E-state index in [9.17, 15) is 5.11 Å². The van der Waals surface area contributed by atoms with E-state index in [4.69, 9.17) is 0 Å². The summed E-state index contributed by atoms with van der Waals surface area (Å²) in [6, 6.07) is 0. The highest BCUT2D eigenvalue weighted by Gasteiger charge is 2.54. The van der Waals surface area contributed by atoms with Gasteiger partial charge in [0, 0.05) is 0 Å². The summed E-state index contributed by atoms with van der Waals surface area (Å²) in [6.45, 7) is 19.7. The van der Waals surface area contributed by atoms with Gasteiger partial charge in [0.15, 0.2) is 0 Å². The first-order chi connectivity index (χ1) is 9.59. The molecule has 1 N–H and O–H groups in total. The van der Waals surface area contributed by atoms with Crippen molar-refractivity contribution in [2.75, 3.05) is 0 Å². The van der Waals surface area contributed by atoms with E-state index >= 15 is 0 Å². The van der Waals surface area contributed by atoms with Crippen LogP contribution in [0, 0.1) is 35.5 Å². The van der Waals surface area contributed by atoms with Crippen LogP contribution in [0.25, 0.3) is 0 Å². The average molecular weight is 311 g/mol. The molecule has 124 valence electrons. The van der Waals surface area contributed by atoms with E-state index in [1.54, 1.807) is 0 Å². The number of rotatable bonds is 2. The molecule has 0 aromatic heterocycles. The summed E-state index contributed by atoms with van der Waals surface area (Å²) in [5.41, 5.74) is 1.48. The van der Waals surface area contributed by atoms with Crippen molar-refractivity contribution in [1.29, 1.82) is 0 Å². The zero-order valence-electron chi connectivity index (χ0n) is 15.6. The van der Waals surface area contributed by atoms with Crippen LogP contribution in [0.3, 0.4) is 0 Å². The summed E-state index contributed by atoms with van der Waals surface area (Å²) in [7, 11) is -1.48. The summed E-state index contributed by atoms with van der Waals surface area (Å²) >= 11 is 0. The van der Waals surface area contributed by atoms with Gasteiger partial charge in [-0.2, -0.15) is 0 Å². The molecule has 0 aromatic carbocycles. The Morgan fingerprint density at radius 1 is 0.762 bits per heavy atom. The highest BCUT2D eigenvalue weighted by Crippen LogP contribution is 2.58. The minimum atomic E-state index is -1.48. The van der Waals surface area contributed by atoms with Crippen LogP contribution in [0.2, 0.25) is 24.2 Å². The lowest BCUT2D eigenvalue weighted by atomic mass is 9.81. The van der Waals surface area contributed by atoms with Crippen molar-refractivity contribution in [1.82, 2.24) is 0 Å². The molecule has 2 aliphatic rings. The number of aliphatic hydroxyl groups is 1. The van der Waals surface area contributed by atoms with Gasteiger partial charge in [0.1, 0.15) is 0 Å². The molecule has 2 rings (SSSR count). The van der Waals surface area contributed by atoms with E-state index < -0.39 is 8.07 Å². The van der Waals surface area contributed by atoms with Crippen LogP contribution in [-0.4, -0.2) is 19.3 Å². The van der Waals surface area contributed by atoms with Crippen molar-refractivity contribution < 1.29 is 5.11 Å². The largest absolute Gasteiger partial charge is 0.393 e.